The number of fused-ring (bicyclic) bond motifs is 1. The summed E-state index contributed by atoms with van der Waals surface area (Å²) in [5.74, 6) is -0.818. The lowest BCUT2D eigenvalue weighted by Gasteiger charge is -2.40. The maximum Gasteiger partial charge on any atom is 0.248 e. The molecule has 1 atom stereocenters. The highest BCUT2D eigenvalue weighted by molar-refractivity contribution is 5.96. The maximum atomic E-state index is 12.4. The third kappa shape index (κ3) is 3.35. The van der Waals surface area contributed by atoms with Gasteiger partial charge in [-0.25, -0.2) is 0 Å². The molecule has 1 fully saturated rings. The van der Waals surface area contributed by atoms with Crippen molar-refractivity contribution in [2.24, 2.45) is 16.9 Å². The molecule has 1 aliphatic rings. The fourth-order valence-electron chi connectivity index (χ4n) is 3.81. The van der Waals surface area contributed by atoms with Crippen molar-refractivity contribution in [3.05, 3.63) is 45.7 Å². The van der Waals surface area contributed by atoms with E-state index >= 15 is 0 Å². The number of piperidine rings is 1. The molecular formula is C19H24N4O3. The van der Waals surface area contributed by atoms with Gasteiger partial charge in [0.1, 0.15) is 0 Å². The van der Waals surface area contributed by atoms with Crippen LogP contribution in [0.15, 0.2) is 29.1 Å². The number of hydrogen-bond acceptors (Lipinski definition) is 4. The van der Waals surface area contributed by atoms with Crippen LogP contribution >= 0.6 is 0 Å². The highest BCUT2D eigenvalue weighted by Crippen LogP contribution is 2.33. The van der Waals surface area contributed by atoms with Crippen molar-refractivity contribution < 1.29 is 9.59 Å². The van der Waals surface area contributed by atoms with E-state index in [1.165, 1.54) is 6.07 Å². The average molecular weight is 356 g/mol. The van der Waals surface area contributed by atoms with Gasteiger partial charge in [0.05, 0.1) is 5.41 Å². The number of amides is 2. The Kier molecular flexibility index (Phi) is 4.82. The van der Waals surface area contributed by atoms with Crippen LogP contribution in [0.2, 0.25) is 0 Å². The van der Waals surface area contributed by atoms with Gasteiger partial charge in [0, 0.05) is 41.3 Å². The summed E-state index contributed by atoms with van der Waals surface area (Å²) < 4.78 is 0. The molecule has 1 aromatic heterocycles. The first-order valence-electron chi connectivity index (χ1n) is 8.83. The average Bonchev–Trinajstić information content (AvgIpc) is 2.61. The van der Waals surface area contributed by atoms with E-state index in [9.17, 15) is 14.4 Å². The molecule has 7 nitrogen and oxygen atoms in total. The molecule has 0 bridgehead atoms. The summed E-state index contributed by atoms with van der Waals surface area (Å²) in [5, 5.41) is 0.434. The number of carbonyl (C=O) groups is 2. The number of pyridine rings is 1. The predicted octanol–water partition coefficient (Wildman–Crippen LogP) is 1.10. The zero-order valence-corrected chi connectivity index (χ0v) is 14.9. The Labute approximate surface area is 151 Å². The molecule has 2 heterocycles. The quantitative estimate of drug-likeness (QED) is 0.742. The van der Waals surface area contributed by atoms with Crippen molar-refractivity contribution in [1.29, 1.82) is 0 Å². The molecule has 3 rings (SSSR count). The van der Waals surface area contributed by atoms with E-state index in [0.29, 0.717) is 36.0 Å². The molecule has 2 amide bonds. The summed E-state index contributed by atoms with van der Waals surface area (Å²) in [6.45, 7) is 3.98. The van der Waals surface area contributed by atoms with Crippen molar-refractivity contribution in [2.45, 2.75) is 32.7 Å². The number of hydrogen-bond donors (Lipinski definition) is 3. The van der Waals surface area contributed by atoms with Crippen LogP contribution in [0, 0.1) is 5.41 Å². The minimum absolute atomic E-state index is 0.162. The van der Waals surface area contributed by atoms with Crippen molar-refractivity contribution in [3.8, 4) is 0 Å². The first-order valence-corrected chi connectivity index (χ1v) is 8.83. The second-order valence-corrected chi connectivity index (χ2v) is 7.10. The minimum Gasteiger partial charge on any atom is -0.369 e. The SMILES string of the molecule is CC[C@@]1(C(N)=O)CCCN(Cc2cc(=O)c3cc(C(N)=O)ccc3[nH]2)C1. The van der Waals surface area contributed by atoms with E-state index in [4.69, 9.17) is 11.5 Å². The number of likely N-dealkylation sites (tertiary alicyclic amines) is 1. The molecule has 0 radical (unpaired) electrons. The van der Waals surface area contributed by atoms with Gasteiger partial charge in [0.15, 0.2) is 5.43 Å². The molecule has 0 unspecified atom stereocenters. The monoisotopic (exact) mass is 356 g/mol. The highest BCUT2D eigenvalue weighted by Gasteiger charge is 2.39. The molecule has 0 spiro atoms. The molecule has 1 saturated heterocycles. The number of aromatic nitrogens is 1. The number of primary amides is 2. The van der Waals surface area contributed by atoms with Gasteiger partial charge < -0.3 is 16.5 Å². The van der Waals surface area contributed by atoms with Crippen LogP contribution in [0.5, 0.6) is 0 Å². The number of nitrogens with zero attached hydrogens (tertiary/aromatic N) is 1. The van der Waals surface area contributed by atoms with Crippen LogP contribution in [0.25, 0.3) is 10.9 Å². The zero-order valence-electron chi connectivity index (χ0n) is 14.9. The van der Waals surface area contributed by atoms with Crippen LogP contribution in [-0.2, 0) is 11.3 Å². The number of aromatic amines is 1. The number of rotatable bonds is 5. The Morgan fingerprint density at radius 1 is 1.27 bits per heavy atom. The normalized spacial score (nSPS) is 21.0. The van der Waals surface area contributed by atoms with Gasteiger partial charge >= 0.3 is 0 Å². The van der Waals surface area contributed by atoms with Gasteiger partial charge in [0.2, 0.25) is 11.8 Å². The molecule has 138 valence electrons. The lowest BCUT2D eigenvalue weighted by Crippen LogP contribution is -2.49. The Hall–Kier alpha value is -2.67. The summed E-state index contributed by atoms with van der Waals surface area (Å²) in [6.07, 6.45) is 2.42. The van der Waals surface area contributed by atoms with Gasteiger partial charge in [-0.3, -0.25) is 19.3 Å². The van der Waals surface area contributed by atoms with E-state index < -0.39 is 11.3 Å². The van der Waals surface area contributed by atoms with Crippen LogP contribution in [0.1, 0.15) is 42.2 Å². The zero-order chi connectivity index (χ0) is 18.9. The Morgan fingerprint density at radius 2 is 2.04 bits per heavy atom. The van der Waals surface area contributed by atoms with Gasteiger partial charge in [-0.1, -0.05) is 6.92 Å². The van der Waals surface area contributed by atoms with E-state index in [2.05, 4.69) is 9.88 Å². The van der Waals surface area contributed by atoms with E-state index in [1.807, 2.05) is 6.92 Å². The molecule has 0 saturated carbocycles. The molecule has 5 N–H and O–H groups in total. The van der Waals surface area contributed by atoms with Crippen LogP contribution in [0.3, 0.4) is 0 Å². The van der Waals surface area contributed by atoms with Crippen molar-refractivity contribution in [2.75, 3.05) is 13.1 Å². The molecule has 0 aliphatic carbocycles. The van der Waals surface area contributed by atoms with Crippen LogP contribution in [-0.4, -0.2) is 34.8 Å². The lowest BCUT2D eigenvalue weighted by atomic mass is 9.77. The third-order valence-electron chi connectivity index (χ3n) is 5.42. The smallest absolute Gasteiger partial charge is 0.248 e. The van der Waals surface area contributed by atoms with Gasteiger partial charge in [0.25, 0.3) is 0 Å². The number of nitrogens with one attached hydrogen (secondary N) is 1. The molecular weight excluding hydrogens is 332 g/mol. The predicted molar refractivity (Wildman–Crippen MR) is 99.5 cm³/mol. The van der Waals surface area contributed by atoms with E-state index in [1.54, 1.807) is 18.2 Å². The largest absolute Gasteiger partial charge is 0.369 e. The van der Waals surface area contributed by atoms with Crippen LogP contribution in [0.4, 0.5) is 0 Å². The maximum absolute atomic E-state index is 12.4. The van der Waals surface area contributed by atoms with E-state index in [0.717, 1.165) is 25.1 Å². The highest BCUT2D eigenvalue weighted by atomic mass is 16.1. The van der Waals surface area contributed by atoms with Gasteiger partial charge in [-0.15, -0.1) is 0 Å². The standard InChI is InChI=1S/C19H24N4O3/c1-2-19(18(21)26)6-3-7-23(11-19)10-13-9-16(24)14-8-12(17(20)25)4-5-15(14)22-13/h4-5,8-9H,2-3,6-7,10-11H2,1H3,(H2,20,25)(H2,21,26)(H,22,24)/t19-/m1/s1. The number of H-pyrrole nitrogens is 1. The second kappa shape index (κ2) is 6.92. The lowest BCUT2D eigenvalue weighted by molar-refractivity contribution is -0.131. The van der Waals surface area contributed by atoms with Gasteiger partial charge in [-0.05, 0) is 44.0 Å². The van der Waals surface area contributed by atoms with Crippen molar-refractivity contribution in [3.63, 3.8) is 0 Å². The number of nitrogens with two attached hydrogens (primary N) is 2. The first-order chi connectivity index (χ1) is 12.3. The van der Waals surface area contributed by atoms with E-state index in [-0.39, 0.29) is 11.3 Å². The Balaban J connectivity index is 1.87. The van der Waals surface area contributed by atoms with Gasteiger partial charge in [-0.2, -0.15) is 0 Å². The third-order valence-corrected chi connectivity index (χ3v) is 5.42. The summed E-state index contributed by atoms with van der Waals surface area (Å²) >= 11 is 0. The summed E-state index contributed by atoms with van der Waals surface area (Å²) in [6, 6.07) is 6.34. The van der Waals surface area contributed by atoms with Crippen molar-refractivity contribution >= 4 is 22.7 Å². The van der Waals surface area contributed by atoms with Crippen molar-refractivity contribution in [1.82, 2.24) is 9.88 Å². The minimum atomic E-state index is -0.564. The molecule has 1 aromatic carbocycles. The topological polar surface area (TPSA) is 122 Å². The number of benzene rings is 1. The fraction of sp³-hybridized carbons (Fsp3) is 0.421. The molecule has 1 aliphatic heterocycles. The first kappa shape index (κ1) is 18.1. The Morgan fingerprint density at radius 3 is 2.69 bits per heavy atom. The Bertz CT molecular complexity index is 921. The number of carbonyl (C=O) groups excluding carboxylic acids is 2. The summed E-state index contributed by atoms with van der Waals surface area (Å²) in [5.41, 5.74) is 12.0. The summed E-state index contributed by atoms with van der Waals surface area (Å²) in [4.78, 5) is 41.1. The summed E-state index contributed by atoms with van der Waals surface area (Å²) in [7, 11) is 0. The van der Waals surface area contributed by atoms with Crippen LogP contribution < -0.4 is 16.9 Å². The fourth-order valence-corrected chi connectivity index (χ4v) is 3.81. The molecule has 2 aromatic rings. The second-order valence-electron chi connectivity index (χ2n) is 7.10. The molecule has 26 heavy (non-hydrogen) atoms. The molecule has 7 heteroatoms.